The van der Waals surface area contributed by atoms with Gasteiger partial charge in [-0.3, -0.25) is 0 Å². The normalized spacial score (nSPS) is 16.8. The first-order chi connectivity index (χ1) is 8.55. The molecule has 6 heteroatoms. The number of nitrogens with two attached hydrogens (primary N) is 1. The van der Waals surface area contributed by atoms with Crippen LogP contribution in [0.1, 0.15) is 19.3 Å². The second-order valence-electron chi connectivity index (χ2n) is 4.50. The van der Waals surface area contributed by atoms with Gasteiger partial charge in [0.15, 0.2) is 0 Å². The molecule has 3 N–H and O–H groups in total. The number of aliphatic hydroxyl groups is 1. The van der Waals surface area contributed by atoms with Crippen molar-refractivity contribution in [3.05, 3.63) is 24.3 Å². The molecule has 1 aliphatic carbocycles. The van der Waals surface area contributed by atoms with Gasteiger partial charge in [0.05, 0.1) is 11.5 Å². The summed E-state index contributed by atoms with van der Waals surface area (Å²) >= 11 is 0. The van der Waals surface area contributed by atoms with Crippen molar-refractivity contribution in [3.63, 3.8) is 0 Å². The molecule has 1 saturated carbocycles. The van der Waals surface area contributed by atoms with Gasteiger partial charge < -0.3 is 10.8 Å². The van der Waals surface area contributed by atoms with Gasteiger partial charge in [-0.1, -0.05) is 12.5 Å². The number of benzene rings is 1. The van der Waals surface area contributed by atoms with Crippen molar-refractivity contribution in [1.29, 1.82) is 0 Å². The third-order valence-corrected chi connectivity index (χ3v) is 5.21. The van der Waals surface area contributed by atoms with E-state index in [0.29, 0.717) is 5.69 Å². The second-order valence-corrected chi connectivity index (χ2v) is 6.39. The molecule has 5 nitrogen and oxygen atoms in total. The van der Waals surface area contributed by atoms with Crippen molar-refractivity contribution in [1.82, 2.24) is 4.31 Å². The highest BCUT2D eigenvalue weighted by atomic mass is 32.2. The van der Waals surface area contributed by atoms with E-state index in [0.717, 1.165) is 19.3 Å². The molecule has 18 heavy (non-hydrogen) atoms. The van der Waals surface area contributed by atoms with Crippen LogP contribution in [0.3, 0.4) is 0 Å². The molecule has 0 aromatic heterocycles. The van der Waals surface area contributed by atoms with Crippen molar-refractivity contribution in [2.75, 3.05) is 18.9 Å². The van der Waals surface area contributed by atoms with E-state index >= 15 is 0 Å². The highest BCUT2D eigenvalue weighted by Gasteiger charge is 2.34. The number of aliphatic hydroxyl groups excluding tert-OH is 1. The molecular formula is C12H18N2O3S. The van der Waals surface area contributed by atoms with E-state index in [-0.39, 0.29) is 24.1 Å². The maximum atomic E-state index is 12.5. The average molecular weight is 270 g/mol. The van der Waals surface area contributed by atoms with Crippen molar-refractivity contribution in [3.8, 4) is 0 Å². The Kier molecular flexibility index (Phi) is 3.89. The van der Waals surface area contributed by atoms with Crippen LogP contribution in [0.4, 0.5) is 5.69 Å². The topological polar surface area (TPSA) is 83.6 Å². The van der Waals surface area contributed by atoms with E-state index in [1.54, 1.807) is 12.1 Å². The smallest absolute Gasteiger partial charge is 0.243 e. The van der Waals surface area contributed by atoms with E-state index < -0.39 is 10.0 Å². The predicted octanol–water partition coefficient (Wildman–Crippen LogP) is 0.804. The van der Waals surface area contributed by atoms with E-state index in [9.17, 15) is 8.42 Å². The standard InChI is InChI=1S/C12H18N2O3S/c13-10-3-1-6-12(9-10)18(16,17)14(7-8-15)11-4-2-5-11/h1,3,6,9,11,15H,2,4-5,7-8,13H2. The summed E-state index contributed by atoms with van der Waals surface area (Å²) in [7, 11) is -3.55. The maximum absolute atomic E-state index is 12.5. The van der Waals surface area contributed by atoms with E-state index in [1.165, 1.54) is 16.4 Å². The Hall–Kier alpha value is -1.11. The number of hydrogen-bond acceptors (Lipinski definition) is 4. The minimum absolute atomic E-state index is 0.0172. The van der Waals surface area contributed by atoms with Crippen LogP contribution in [0, 0.1) is 0 Å². The lowest BCUT2D eigenvalue weighted by atomic mass is 9.93. The Balaban J connectivity index is 2.32. The molecule has 0 aliphatic heterocycles. The summed E-state index contributed by atoms with van der Waals surface area (Å²) < 4.78 is 26.3. The molecular weight excluding hydrogens is 252 g/mol. The van der Waals surface area contributed by atoms with Crippen LogP contribution >= 0.6 is 0 Å². The van der Waals surface area contributed by atoms with Gasteiger partial charge in [0.25, 0.3) is 0 Å². The number of sulfonamides is 1. The molecule has 0 heterocycles. The lowest BCUT2D eigenvalue weighted by molar-refractivity contribution is 0.178. The molecule has 1 aliphatic rings. The van der Waals surface area contributed by atoms with Crippen LogP contribution in [0.15, 0.2) is 29.2 Å². The lowest BCUT2D eigenvalue weighted by Gasteiger charge is -2.36. The Morgan fingerprint density at radius 2 is 2.11 bits per heavy atom. The number of rotatable bonds is 5. The summed E-state index contributed by atoms with van der Waals surface area (Å²) in [6.07, 6.45) is 2.77. The first-order valence-electron chi connectivity index (χ1n) is 6.04. The summed E-state index contributed by atoms with van der Waals surface area (Å²) in [6, 6.07) is 6.29. The molecule has 0 bridgehead atoms. The quantitative estimate of drug-likeness (QED) is 0.775. The number of hydrogen-bond donors (Lipinski definition) is 2. The number of nitrogens with zero attached hydrogens (tertiary/aromatic N) is 1. The first kappa shape index (κ1) is 13.3. The fraction of sp³-hybridized carbons (Fsp3) is 0.500. The second kappa shape index (κ2) is 5.26. The Morgan fingerprint density at radius 3 is 2.61 bits per heavy atom. The summed E-state index contributed by atoms with van der Waals surface area (Å²) in [4.78, 5) is 0.197. The van der Waals surface area contributed by atoms with Crippen molar-refractivity contribution >= 4 is 15.7 Å². The van der Waals surface area contributed by atoms with Gasteiger partial charge >= 0.3 is 0 Å². The molecule has 0 amide bonds. The third-order valence-electron chi connectivity index (χ3n) is 3.27. The zero-order valence-corrected chi connectivity index (χ0v) is 10.9. The minimum atomic E-state index is -3.55. The fourth-order valence-electron chi connectivity index (χ4n) is 2.08. The van der Waals surface area contributed by atoms with Gasteiger partial charge in [0, 0.05) is 18.3 Å². The molecule has 0 unspecified atom stereocenters. The van der Waals surface area contributed by atoms with Crippen molar-refractivity contribution in [2.45, 2.75) is 30.2 Å². The molecule has 100 valence electrons. The fourth-order valence-corrected chi connectivity index (χ4v) is 3.81. The molecule has 0 radical (unpaired) electrons. The average Bonchev–Trinajstić information content (AvgIpc) is 2.26. The predicted molar refractivity (Wildman–Crippen MR) is 69.5 cm³/mol. The zero-order valence-electron chi connectivity index (χ0n) is 10.1. The summed E-state index contributed by atoms with van der Waals surface area (Å²) in [5, 5.41) is 9.04. The van der Waals surface area contributed by atoms with Gasteiger partial charge in [0.1, 0.15) is 0 Å². The van der Waals surface area contributed by atoms with Crippen molar-refractivity contribution in [2.24, 2.45) is 0 Å². The molecule has 1 fully saturated rings. The van der Waals surface area contributed by atoms with Gasteiger partial charge in [-0.15, -0.1) is 0 Å². The van der Waals surface area contributed by atoms with E-state index in [4.69, 9.17) is 10.8 Å². The Labute approximate surface area is 107 Å². The largest absolute Gasteiger partial charge is 0.399 e. The SMILES string of the molecule is Nc1cccc(S(=O)(=O)N(CCO)C2CCC2)c1. The monoisotopic (exact) mass is 270 g/mol. The van der Waals surface area contributed by atoms with Crippen LogP contribution in [0.5, 0.6) is 0 Å². The van der Waals surface area contributed by atoms with E-state index in [1.807, 2.05) is 0 Å². The van der Waals surface area contributed by atoms with Crippen LogP contribution in [0.2, 0.25) is 0 Å². The number of nitrogen functional groups attached to an aromatic ring is 1. The van der Waals surface area contributed by atoms with Crippen LogP contribution in [0.25, 0.3) is 0 Å². The lowest BCUT2D eigenvalue weighted by Crippen LogP contribution is -2.45. The third kappa shape index (κ3) is 2.50. The molecule has 1 aromatic rings. The molecule has 2 rings (SSSR count). The van der Waals surface area contributed by atoms with Crippen LogP contribution in [-0.4, -0.2) is 37.0 Å². The summed E-state index contributed by atoms with van der Waals surface area (Å²) in [6.45, 7) is -0.0279. The van der Waals surface area contributed by atoms with Crippen molar-refractivity contribution < 1.29 is 13.5 Å². The van der Waals surface area contributed by atoms with Gasteiger partial charge in [0.2, 0.25) is 10.0 Å². The van der Waals surface area contributed by atoms with Gasteiger partial charge in [-0.2, -0.15) is 4.31 Å². The van der Waals surface area contributed by atoms with Crippen LogP contribution in [-0.2, 0) is 10.0 Å². The van der Waals surface area contributed by atoms with Crippen LogP contribution < -0.4 is 5.73 Å². The summed E-state index contributed by atoms with van der Waals surface area (Å²) in [5.41, 5.74) is 6.04. The molecule has 0 atom stereocenters. The minimum Gasteiger partial charge on any atom is -0.399 e. The highest BCUT2D eigenvalue weighted by molar-refractivity contribution is 7.89. The molecule has 1 aromatic carbocycles. The maximum Gasteiger partial charge on any atom is 0.243 e. The van der Waals surface area contributed by atoms with E-state index in [2.05, 4.69) is 0 Å². The Morgan fingerprint density at radius 1 is 1.39 bits per heavy atom. The van der Waals surface area contributed by atoms with Gasteiger partial charge in [-0.05, 0) is 31.0 Å². The highest BCUT2D eigenvalue weighted by Crippen LogP contribution is 2.30. The van der Waals surface area contributed by atoms with Gasteiger partial charge in [-0.25, -0.2) is 8.42 Å². The summed E-state index contributed by atoms with van der Waals surface area (Å²) in [5.74, 6) is 0. The molecule has 0 saturated heterocycles. The first-order valence-corrected chi connectivity index (χ1v) is 7.48. The Bertz CT molecular complexity index is 512. The zero-order chi connectivity index (χ0) is 13.2. The molecule has 0 spiro atoms. The number of anilines is 1.